The molecule has 0 unspecified atom stereocenters. The van der Waals surface area contributed by atoms with Crippen LogP contribution in [-0.2, 0) is 21.0 Å². The normalized spacial score (nSPS) is 11.6. The van der Waals surface area contributed by atoms with Crippen LogP contribution in [0.3, 0.4) is 0 Å². The molecule has 1 N–H and O–H groups in total. The van der Waals surface area contributed by atoms with Crippen molar-refractivity contribution in [2.45, 2.75) is 11.1 Å². The number of methoxy groups -OCH3 is 2. The van der Waals surface area contributed by atoms with Crippen molar-refractivity contribution in [1.29, 1.82) is 0 Å². The number of anilines is 2. The summed E-state index contributed by atoms with van der Waals surface area (Å²) < 4.78 is 78.3. The van der Waals surface area contributed by atoms with Crippen LogP contribution in [0, 0.1) is 0 Å². The maximum atomic E-state index is 13.5. The van der Waals surface area contributed by atoms with Gasteiger partial charge in [0.1, 0.15) is 6.54 Å². The molecule has 3 aromatic rings. The zero-order valence-corrected chi connectivity index (χ0v) is 20.0. The number of carbonyl (C=O) groups excluding carboxylic acids is 1. The Morgan fingerprint density at radius 3 is 2.23 bits per heavy atom. The number of amides is 1. The summed E-state index contributed by atoms with van der Waals surface area (Å²) in [5, 5.41) is 1.97. The van der Waals surface area contributed by atoms with E-state index in [2.05, 4.69) is 5.32 Å². The molecule has 0 fully saturated rings. The van der Waals surface area contributed by atoms with Crippen molar-refractivity contribution < 1.29 is 35.9 Å². The highest BCUT2D eigenvalue weighted by Crippen LogP contribution is 2.37. The summed E-state index contributed by atoms with van der Waals surface area (Å²) in [5.74, 6) is -0.564. The summed E-state index contributed by atoms with van der Waals surface area (Å²) in [6.45, 7) is -0.805. The van der Waals surface area contributed by atoms with Gasteiger partial charge in [0, 0.05) is 11.1 Å². The number of nitrogens with one attached hydrogen (secondary N) is 1. The van der Waals surface area contributed by atoms with Crippen LogP contribution in [-0.4, -0.2) is 35.1 Å². The van der Waals surface area contributed by atoms with E-state index < -0.39 is 39.9 Å². The van der Waals surface area contributed by atoms with E-state index in [1.165, 1.54) is 50.6 Å². The lowest BCUT2D eigenvalue weighted by Gasteiger charge is -2.25. The molecule has 0 saturated carbocycles. The number of benzene rings is 3. The fraction of sp³-hybridized carbons (Fsp3) is 0.174. The van der Waals surface area contributed by atoms with E-state index in [-0.39, 0.29) is 27.1 Å². The number of hydrogen-bond donors (Lipinski definition) is 1. The third-order valence-corrected chi connectivity index (χ3v) is 6.84. The van der Waals surface area contributed by atoms with Crippen LogP contribution in [0.4, 0.5) is 24.5 Å². The highest BCUT2D eigenvalue weighted by atomic mass is 35.5. The van der Waals surface area contributed by atoms with Crippen molar-refractivity contribution in [3.05, 3.63) is 77.3 Å². The SMILES string of the molecule is COc1ccc(S(=O)(=O)N(CC(=O)Nc2ccc(Cl)cc2C(F)(F)F)c2ccccc2)cc1OC. The molecule has 0 saturated heterocycles. The van der Waals surface area contributed by atoms with Gasteiger partial charge in [-0.2, -0.15) is 13.2 Å². The van der Waals surface area contributed by atoms with E-state index in [0.29, 0.717) is 6.07 Å². The predicted molar refractivity (Wildman–Crippen MR) is 126 cm³/mol. The summed E-state index contributed by atoms with van der Waals surface area (Å²) >= 11 is 5.68. The van der Waals surface area contributed by atoms with Gasteiger partial charge in [0.2, 0.25) is 5.91 Å². The van der Waals surface area contributed by atoms with Crippen LogP contribution in [0.2, 0.25) is 5.02 Å². The Bertz CT molecular complexity index is 1320. The van der Waals surface area contributed by atoms with Crippen LogP contribution < -0.4 is 19.1 Å². The monoisotopic (exact) mass is 528 g/mol. The lowest BCUT2D eigenvalue weighted by Crippen LogP contribution is -2.38. The molecule has 0 radical (unpaired) electrons. The minimum atomic E-state index is -4.79. The Labute approximate surface area is 205 Å². The van der Waals surface area contributed by atoms with E-state index >= 15 is 0 Å². The molecular formula is C23H20ClF3N2O5S. The first kappa shape index (κ1) is 26.2. The highest BCUT2D eigenvalue weighted by Gasteiger charge is 2.35. The lowest BCUT2D eigenvalue weighted by atomic mass is 10.1. The number of rotatable bonds is 8. The van der Waals surface area contributed by atoms with Gasteiger partial charge in [-0.3, -0.25) is 9.10 Å². The minimum absolute atomic E-state index is 0.129. The molecule has 0 spiro atoms. The third kappa shape index (κ3) is 5.98. The quantitative estimate of drug-likeness (QED) is 0.434. The number of nitrogens with zero attached hydrogens (tertiary/aromatic N) is 1. The first-order valence-corrected chi connectivity index (χ1v) is 11.8. The number of ether oxygens (including phenoxy) is 2. The van der Waals surface area contributed by atoms with Gasteiger partial charge < -0.3 is 14.8 Å². The predicted octanol–water partition coefficient (Wildman–Crippen LogP) is 5.21. The molecule has 0 bridgehead atoms. The van der Waals surface area contributed by atoms with E-state index in [9.17, 15) is 26.4 Å². The molecule has 0 atom stereocenters. The first-order valence-electron chi connectivity index (χ1n) is 9.93. The smallest absolute Gasteiger partial charge is 0.418 e. The van der Waals surface area contributed by atoms with Crippen molar-refractivity contribution in [3.8, 4) is 11.5 Å². The number of sulfonamides is 1. The summed E-state index contributed by atoms with van der Waals surface area (Å²) in [5.41, 5.74) is -1.58. The van der Waals surface area contributed by atoms with Gasteiger partial charge in [0.15, 0.2) is 11.5 Å². The van der Waals surface area contributed by atoms with Gasteiger partial charge in [0.05, 0.1) is 36.1 Å². The molecule has 0 aliphatic carbocycles. The number of hydrogen-bond acceptors (Lipinski definition) is 5. The average Bonchev–Trinajstić information content (AvgIpc) is 2.83. The van der Waals surface area contributed by atoms with Crippen molar-refractivity contribution in [2.24, 2.45) is 0 Å². The van der Waals surface area contributed by atoms with E-state index in [1.807, 2.05) is 0 Å². The molecule has 0 heterocycles. The molecule has 35 heavy (non-hydrogen) atoms. The Kier molecular flexibility index (Phi) is 7.81. The van der Waals surface area contributed by atoms with Crippen LogP contribution in [0.1, 0.15) is 5.56 Å². The molecule has 0 aliphatic heterocycles. The molecular weight excluding hydrogens is 509 g/mol. The van der Waals surface area contributed by atoms with Crippen molar-refractivity contribution in [1.82, 2.24) is 0 Å². The Hall–Kier alpha value is -3.44. The third-order valence-electron chi connectivity index (χ3n) is 4.84. The second-order valence-electron chi connectivity index (χ2n) is 7.10. The van der Waals surface area contributed by atoms with Gasteiger partial charge in [-0.15, -0.1) is 0 Å². The fourth-order valence-electron chi connectivity index (χ4n) is 3.19. The standard InChI is InChI=1S/C23H20ClF3N2O5S/c1-33-20-11-9-17(13-21(20)34-2)35(31,32)29(16-6-4-3-5-7-16)14-22(30)28-19-10-8-15(24)12-18(19)23(25,26)27/h3-13H,14H2,1-2H3,(H,28,30). The van der Waals surface area contributed by atoms with Gasteiger partial charge >= 0.3 is 6.18 Å². The van der Waals surface area contributed by atoms with Crippen LogP contribution in [0.25, 0.3) is 0 Å². The van der Waals surface area contributed by atoms with Gasteiger partial charge in [0.25, 0.3) is 10.0 Å². The second-order valence-corrected chi connectivity index (χ2v) is 9.40. The summed E-state index contributed by atoms with van der Waals surface area (Å²) in [6.07, 6.45) is -4.79. The average molecular weight is 529 g/mol. The minimum Gasteiger partial charge on any atom is -0.493 e. The van der Waals surface area contributed by atoms with Gasteiger partial charge in [-0.05, 0) is 42.5 Å². The second kappa shape index (κ2) is 10.4. The van der Waals surface area contributed by atoms with E-state index in [0.717, 1.165) is 10.4 Å². The van der Waals surface area contributed by atoms with Gasteiger partial charge in [-0.1, -0.05) is 29.8 Å². The fourth-order valence-corrected chi connectivity index (χ4v) is 4.80. The summed E-state index contributed by atoms with van der Waals surface area (Å²) in [7, 11) is -1.63. The zero-order chi connectivity index (χ0) is 25.8. The van der Waals surface area contributed by atoms with Crippen LogP contribution in [0.5, 0.6) is 11.5 Å². The Morgan fingerprint density at radius 1 is 0.971 bits per heavy atom. The molecule has 1 amide bonds. The first-order chi connectivity index (χ1) is 16.5. The number of para-hydroxylation sites is 1. The molecule has 0 aliphatic rings. The molecule has 3 aromatic carbocycles. The van der Waals surface area contributed by atoms with Crippen molar-refractivity contribution >= 4 is 38.9 Å². The number of halogens is 4. The van der Waals surface area contributed by atoms with Crippen molar-refractivity contribution in [2.75, 3.05) is 30.4 Å². The number of carbonyl (C=O) groups is 1. The largest absolute Gasteiger partial charge is 0.493 e. The van der Waals surface area contributed by atoms with E-state index in [4.69, 9.17) is 21.1 Å². The zero-order valence-electron chi connectivity index (χ0n) is 18.5. The lowest BCUT2D eigenvalue weighted by molar-refractivity contribution is -0.137. The van der Waals surface area contributed by atoms with Crippen LogP contribution >= 0.6 is 11.6 Å². The van der Waals surface area contributed by atoms with E-state index in [1.54, 1.807) is 18.2 Å². The maximum Gasteiger partial charge on any atom is 0.418 e. The Balaban J connectivity index is 1.99. The molecule has 3 rings (SSSR count). The van der Waals surface area contributed by atoms with Gasteiger partial charge in [-0.25, -0.2) is 8.42 Å². The maximum absolute atomic E-state index is 13.5. The Morgan fingerprint density at radius 2 is 1.63 bits per heavy atom. The number of alkyl halides is 3. The summed E-state index contributed by atoms with van der Waals surface area (Å²) in [6, 6.07) is 14.4. The van der Waals surface area contributed by atoms with Crippen molar-refractivity contribution in [3.63, 3.8) is 0 Å². The highest BCUT2D eigenvalue weighted by molar-refractivity contribution is 7.92. The summed E-state index contributed by atoms with van der Waals surface area (Å²) in [4.78, 5) is 12.6. The molecule has 7 nitrogen and oxygen atoms in total. The molecule has 0 aromatic heterocycles. The topological polar surface area (TPSA) is 84.9 Å². The molecule has 12 heteroatoms. The molecule has 186 valence electrons. The van der Waals surface area contributed by atoms with Crippen LogP contribution in [0.15, 0.2) is 71.6 Å².